The van der Waals surface area contributed by atoms with Gasteiger partial charge in [-0.3, -0.25) is 9.67 Å². The maximum Gasteiger partial charge on any atom is 0.318 e. The minimum atomic E-state index is -0.426. The number of aryl methyl sites for hydroxylation is 1. The highest BCUT2D eigenvalue weighted by molar-refractivity contribution is 5.79. The number of pyridine rings is 1. The second kappa shape index (κ2) is 8.76. The van der Waals surface area contributed by atoms with Gasteiger partial charge in [-0.15, -0.1) is 0 Å². The van der Waals surface area contributed by atoms with Gasteiger partial charge in [0.25, 0.3) is 0 Å². The van der Waals surface area contributed by atoms with Crippen LogP contribution >= 0.6 is 0 Å². The van der Waals surface area contributed by atoms with Crippen molar-refractivity contribution in [3.8, 4) is 17.4 Å². The van der Waals surface area contributed by atoms with Gasteiger partial charge in [0.05, 0.1) is 37.8 Å². The van der Waals surface area contributed by atoms with Crippen LogP contribution in [-0.4, -0.2) is 66.4 Å². The molecular weight excluding hydrogens is 399 g/mol. The number of hydrogen-bond acceptors (Lipinski definition) is 7. The molecule has 4 aromatic heterocycles. The molecule has 0 unspecified atom stereocenters. The van der Waals surface area contributed by atoms with Crippen molar-refractivity contribution in [1.29, 1.82) is 0 Å². The summed E-state index contributed by atoms with van der Waals surface area (Å²) in [4.78, 5) is 19.8. The summed E-state index contributed by atoms with van der Waals surface area (Å²) < 4.78 is 23.3. The summed E-state index contributed by atoms with van der Waals surface area (Å²) in [6.07, 6.45) is 6.59. The first-order valence-corrected chi connectivity index (χ1v) is 10.1. The fraction of sp³-hybridized carbons (Fsp3) is 0.381. The van der Waals surface area contributed by atoms with Gasteiger partial charge in [-0.05, 0) is 34.0 Å². The second-order valence-electron chi connectivity index (χ2n) is 7.53. The Kier molecular flexibility index (Phi) is 5.90. The van der Waals surface area contributed by atoms with Gasteiger partial charge in [0.15, 0.2) is 5.65 Å². The van der Waals surface area contributed by atoms with Crippen LogP contribution < -0.4 is 4.74 Å². The minimum absolute atomic E-state index is 0.291. The zero-order valence-corrected chi connectivity index (χ0v) is 18.1. The van der Waals surface area contributed by atoms with Crippen LogP contribution in [0.25, 0.3) is 22.6 Å². The summed E-state index contributed by atoms with van der Waals surface area (Å²) in [5.41, 5.74) is 3.51. The van der Waals surface area contributed by atoms with Crippen molar-refractivity contribution in [2.45, 2.75) is 26.9 Å². The molecule has 0 aromatic carbocycles. The highest BCUT2D eigenvalue weighted by Gasteiger charge is 2.19. The van der Waals surface area contributed by atoms with E-state index >= 15 is 0 Å². The van der Waals surface area contributed by atoms with Crippen LogP contribution in [0.15, 0.2) is 30.9 Å². The molecule has 9 nitrogen and oxygen atoms in total. The fourth-order valence-corrected chi connectivity index (χ4v) is 3.31. The highest BCUT2D eigenvalue weighted by atomic mass is 19.1. The third-order valence-corrected chi connectivity index (χ3v) is 4.79. The van der Waals surface area contributed by atoms with E-state index in [9.17, 15) is 4.39 Å². The topological polar surface area (TPSA) is 86.8 Å². The molecular formula is C21H25FN8O. The Labute approximate surface area is 179 Å². The molecule has 0 atom stereocenters. The molecule has 0 spiro atoms. The molecule has 31 heavy (non-hydrogen) atoms. The van der Waals surface area contributed by atoms with Crippen LogP contribution in [0.4, 0.5) is 4.39 Å². The molecule has 0 radical (unpaired) electrons. The summed E-state index contributed by atoms with van der Waals surface area (Å²) in [6, 6.07) is 1.71. The molecule has 0 N–H and O–H groups in total. The van der Waals surface area contributed by atoms with E-state index < -0.39 is 5.82 Å². The summed E-state index contributed by atoms with van der Waals surface area (Å²) in [7, 11) is 4.05. The van der Waals surface area contributed by atoms with E-state index in [1.807, 2.05) is 49.6 Å². The summed E-state index contributed by atoms with van der Waals surface area (Å²) in [6.45, 7) is 6.33. The van der Waals surface area contributed by atoms with Gasteiger partial charge in [-0.1, -0.05) is 0 Å². The van der Waals surface area contributed by atoms with E-state index in [0.717, 1.165) is 18.7 Å². The van der Waals surface area contributed by atoms with E-state index in [-0.39, 0.29) is 0 Å². The van der Waals surface area contributed by atoms with Crippen LogP contribution in [-0.2, 0) is 13.1 Å². The molecule has 0 saturated carbocycles. The molecule has 0 aliphatic carbocycles. The first-order valence-electron chi connectivity index (χ1n) is 10.1. The van der Waals surface area contributed by atoms with E-state index in [2.05, 4.69) is 25.0 Å². The van der Waals surface area contributed by atoms with Gasteiger partial charge in [-0.2, -0.15) is 15.1 Å². The summed E-state index contributed by atoms with van der Waals surface area (Å²) in [5.74, 6) is 0.138. The van der Waals surface area contributed by atoms with Crippen molar-refractivity contribution in [3.05, 3.63) is 47.9 Å². The summed E-state index contributed by atoms with van der Waals surface area (Å²) >= 11 is 0. The number of nitrogens with zero attached hydrogens (tertiary/aromatic N) is 8. The van der Waals surface area contributed by atoms with Crippen molar-refractivity contribution < 1.29 is 9.13 Å². The average Bonchev–Trinajstić information content (AvgIpc) is 3.32. The summed E-state index contributed by atoms with van der Waals surface area (Å²) in [5, 5.41) is 4.46. The molecule has 0 saturated heterocycles. The molecule has 0 aliphatic rings. The van der Waals surface area contributed by atoms with Crippen LogP contribution in [0.2, 0.25) is 0 Å². The molecule has 162 valence electrons. The van der Waals surface area contributed by atoms with Gasteiger partial charge in [-0.25, -0.2) is 9.37 Å². The third kappa shape index (κ3) is 4.53. The molecule has 0 bridgehead atoms. The lowest BCUT2D eigenvalue weighted by atomic mass is 10.2. The number of halogens is 1. The van der Waals surface area contributed by atoms with Crippen molar-refractivity contribution >= 4 is 11.2 Å². The molecule has 10 heteroatoms. The predicted octanol–water partition coefficient (Wildman–Crippen LogP) is 2.54. The second-order valence-corrected chi connectivity index (χ2v) is 7.53. The SMILES string of the molecule is CCOc1nc(C)c2nc(-c3cncc(F)c3)n(Cc3cnn(CCN(C)C)c3)c2n1. The fourth-order valence-electron chi connectivity index (χ4n) is 3.31. The zero-order valence-electron chi connectivity index (χ0n) is 18.1. The van der Waals surface area contributed by atoms with Crippen LogP contribution in [0, 0.1) is 12.7 Å². The largest absolute Gasteiger partial charge is 0.464 e. The molecule has 0 fully saturated rings. The van der Waals surface area contributed by atoms with E-state index in [0.29, 0.717) is 47.4 Å². The molecule has 0 aliphatic heterocycles. The van der Waals surface area contributed by atoms with Gasteiger partial charge < -0.3 is 14.2 Å². The Hall–Kier alpha value is -3.40. The van der Waals surface area contributed by atoms with Crippen molar-refractivity contribution in [1.82, 2.24) is 39.2 Å². The highest BCUT2D eigenvalue weighted by Crippen LogP contribution is 2.27. The van der Waals surface area contributed by atoms with Gasteiger partial charge >= 0.3 is 6.01 Å². The van der Waals surface area contributed by atoms with Crippen LogP contribution in [0.3, 0.4) is 0 Å². The Morgan fingerprint density at radius 2 is 1.97 bits per heavy atom. The van der Waals surface area contributed by atoms with E-state index in [4.69, 9.17) is 9.72 Å². The average molecular weight is 424 g/mol. The zero-order chi connectivity index (χ0) is 22.0. The number of imidazole rings is 1. The predicted molar refractivity (Wildman–Crippen MR) is 114 cm³/mol. The lowest BCUT2D eigenvalue weighted by Crippen LogP contribution is -2.18. The Morgan fingerprint density at radius 3 is 2.71 bits per heavy atom. The van der Waals surface area contributed by atoms with Crippen molar-refractivity contribution in [2.75, 3.05) is 27.2 Å². The van der Waals surface area contributed by atoms with Crippen molar-refractivity contribution in [3.63, 3.8) is 0 Å². The number of likely N-dealkylation sites (N-methyl/N-ethyl adjacent to an activating group) is 1. The molecule has 4 heterocycles. The Morgan fingerprint density at radius 1 is 1.13 bits per heavy atom. The van der Waals surface area contributed by atoms with E-state index in [1.54, 1.807) is 6.20 Å². The minimum Gasteiger partial charge on any atom is -0.464 e. The van der Waals surface area contributed by atoms with Crippen LogP contribution in [0.5, 0.6) is 6.01 Å². The number of aromatic nitrogens is 7. The molecule has 0 amide bonds. The number of ether oxygens (including phenoxy) is 1. The molecule has 4 aromatic rings. The quantitative estimate of drug-likeness (QED) is 0.430. The van der Waals surface area contributed by atoms with Gasteiger partial charge in [0.1, 0.15) is 17.2 Å². The first-order chi connectivity index (χ1) is 14.9. The Balaban J connectivity index is 1.80. The standard InChI is InChI=1S/C21H25FN8O/c1-5-31-21-25-14(2)18-20(27-21)30(19(26-18)16-8-17(22)11-23-10-16)13-15-9-24-29(12-15)7-6-28(3)4/h8-12H,5-7,13H2,1-4H3. The van der Waals surface area contributed by atoms with Crippen molar-refractivity contribution in [2.24, 2.45) is 0 Å². The normalized spacial score (nSPS) is 11.5. The third-order valence-electron chi connectivity index (χ3n) is 4.79. The number of rotatable bonds is 8. The first kappa shape index (κ1) is 20.9. The lowest BCUT2D eigenvalue weighted by molar-refractivity contribution is 0.313. The van der Waals surface area contributed by atoms with E-state index in [1.165, 1.54) is 12.3 Å². The monoisotopic (exact) mass is 424 g/mol. The number of fused-ring (bicyclic) bond motifs is 1. The molecule has 4 rings (SSSR count). The number of hydrogen-bond donors (Lipinski definition) is 0. The lowest BCUT2D eigenvalue weighted by Gasteiger charge is -2.09. The van der Waals surface area contributed by atoms with Gasteiger partial charge in [0, 0.05) is 30.1 Å². The van der Waals surface area contributed by atoms with Gasteiger partial charge in [0.2, 0.25) is 0 Å². The Bertz CT molecular complexity index is 1200. The maximum absolute atomic E-state index is 13.9. The van der Waals surface area contributed by atoms with Crippen LogP contribution in [0.1, 0.15) is 18.2 Å². The smallest absolute Gasteiger partial charge is 0.318 e. The maximum atomic E-state index is 13.9.